The summed E-state index contributed by atoms with van der Waals surface area (Å²) in [6, 6.07) is 0. The molecule has 0 spiro atoms. The zero-order valence-electron chi connectivity index (χ0n) is 13.0. The monoisotopic (exact) mass is 356 g/mol. The molecule has 11 heteroatoms. The molecule has 2 saturated heterocycles. The van der Waals surface area contributed by atoms with Crippen LogP contribution in [-0.4, -0.2) is 117 Å². The van der Waals surface area contributed by atoms with Gasteiger partial charge in [-0.1, -0.05) is 0 Å². The van der Waals surface area contributed by atoms with Gasteiger partial charge >= 0.3 is 0 Å². The lowest BCUT2D eigenvalue weighted by Gasteiger charge is -2.45. The van der Waals surface area contributed by atoms with E-state index in [2.05, 4.69) is 0 Å². The van der Waals surface area contributed by atoms with Crippen LogP contribution in [0.15, 0.2) is 0 Å². The predicted molar refractivity (Wildman–Crippen MR) is 73.4 cm³/mol. The minimum Gasteiger partial charge on any atom is -0.394 e. The van der Waals surface area contributed by atoms with E-state index in [1.165, 1.54) is 7.11 Å². The summed E-state index contributed by atoms with van der Waals surface area (Å²) in [5, 5.41) is 68.1. The van der Waals surface area contributed by atoms with Crippen LogP contribution in [0.1, 0.15) is 0 Å². The Balaban J connectivity index is 2.12. The number of aliphatic hydroxyl groups is 7. The average Bonchev–Trinajstić information content (AvgIpc) is 2.58. The maximum absolute atomic E-state index is 10.1. The van der Waals surface area contributed by atoms with Crippen LogP contribution in [0.3, 0.4) is 0 Å². The SMILES string of the molecule is CO[C@H]1C(CO)O[C@@H](OC2C(O)[C@@H](O)O[C@H](CO)[C@H]2O)C(O)[C@H]1O. The molecule has 2 aliphatic heterocycles. The van der Waals surface area contributed by atoms with Gasteiger partial charge in [0.05, 0.1) is 13.2 Å². The summed E-state index contributed by atoms with van der Waals surface area (Å²) in [4.78, 5) is 0. The second kappa shape index (κ2) is 8.29. The molecule has 11 nitrogen and oxygen atoms in total. The van der Waals surface area contributed by atoms with Crippen LogP contribution in [0.4, 0.5) is 0 Å². The molecule has 0 bridgehead atoms. The lowest BCUT2D eigenvalue weighted by Crippen LogP contribution is -2.64. The molecule has 0 saturated carbocycles. The van der Waals surface area contributed by atoms with Gasteiger partial charge in [-0.3, -0.25) is 0 Å². The minimum absolute atomic E-state index is 0.539. The number of hydrogen-bond acceptors (Lipinski definition) is 11. The van der Waals surface area contributed by atoms with E-state index >= 15 is 0 Å². The summed E-state index contributed by atoms with van der Waals surface area (Å²) in [7, 11) is 1.27. The molecule has 0 aromatic heterocycles. The molecule has 0 radical (unpaired) electrons. The normalized spacial score (nSPS) is 50.0. The van der Waals surface area contributed by atoms with Crippen molar-refractivity contribution in [1.82, 2.24) is 0 Å². The van der Waals surface area contributed by atoms with E-state index in [0.29, 0.717) is 0 Å². The van der Waals surface area contributed by atoms with Crippen molar-refractivity contribution < 1.29 is 54.7 Å². The first kappa shape index (κ1) is 19.9. The van der Waals surface area contributed by atoms with Crippen molar-refractivity contribution in [2.45, 2.75) is 61.4 Å². The lowest BCUT2D eigenvalue weighted by molar-refractivity contribution is -0.356. The summed E-state index contributed by atoms with van der Waals surface area (Å²) < 4.78 is 20.4. The van der Waals surface area contributed by atoms with E-state index in [-0.39, 0.29) is 0 Å². The van der Waals surface area contributed by atoms with E-state index in [9.17, 15) is 30.6 Å². The standard InChI is InChI=1S/C13H24O11/c1-21-10-5(3-15)23-13(8(18)7(10)17)24-11-6(16)4(2-14)22-12(20)9(11)19/h4-20H,2-3H2,1H3/t4-,5?,6-,7-,8?,9?,10+,11?,12+,13+/m1/s1. The summed E-state index contributed by atoms with van der Waals surface area (Å²) >= 11 is 0. The van der Waals surface area contributed by atoms with E-state index in [1.807, 2.05) is 0 Å². The van der Waals surface area contributed by atoms with E-state index < -0.39 is 74.6 Å². The molecule has 2 heterocycles. The third-order valence-corrected chi connectivity index (χ3v) is 4.22. The van der Waals surface area contributed by atoms with Gasteiger partial charge in [0.25, 0.3) is 0 Å². The Morgan fingerprint density at radius 1 is 0.750 bits per heavy atom. The van der Waals surface area contributed by atoms with Gasteiger partial charge < -0.3 is 54.7 Å². The molecule has 0 aromatic carbocycles. The molecule has 24 heavy (non-hydrogen) atoms. The van der Waals surface area contributed by atoms with Gasteiger partial charge in [-0.15, -0.1) is 0 Å². The van der Waals surface area contributed by atoms with Crippen molar-refractivity contribution >= 4 is 0 Å². The van der Waals surface area contributed by atoms with Crippen molar-refractivity contribution in [3.63, 3.8) is 0 Å². The Morgan fingerprint density at radius 3 is 1.92 bits per heavy atom. The highest BCUT2D eigenvalue weighted by Gasteiger charge is 2.50. The quantitative estimate of drug-likeness (QED) is 0.251. The maximum atomic E-state index is 10.1. The van der Waals surface area contributed by atoms with E-state index in [0.717, 1.165) is 0 Å². The summed E-state index contributed by atoms with van der Waals surface area (Å²) in [5.74, 6) is 0. The fraction of sp³-hybridized carbons (Fsp3) is 1.00. The Morgan fingerprint density at radius 2 is 1.38 bits per heavy atom. The van der Waals surface area contributed by atoms with Crippen molar-refractivity contribution in [1.29, 1.82) is 0 Å². The van der Waals surface area contributed by atoms with Gasteiger partial charge in [-0.25, -0.2) is 0 Å². The Kier molecular flexibility index (Phi) is 6.87. The van der Waals surface area contributed by atoms with Crippen LogP contribution in [0.25, 0.3) is 0 Å². The summed E-state index contributed by atoms with van der Waals surface area (Å²) in [6.45, 7) is -1.19. The second-order valence-electron chi connectivity index (χ2n) is 5.74. The Bertz CT molecular complexity index is 394. The molecule has 0 aromatic rings. The molecular weight excluding hydrogens is 332 g/mol. The van der Waals surface area contributed by atoms with Crippen LogP contribution >= 0.6 is 0 Å². The van der Waals surface area contributed by atoms with Gasteiger partial charge in [0.2, 0.25) is 0 Å². The third-order valence-electron chi connectivity index (χ3n) is 4.22. The number of ether oxygens (including phenoxy) is 4. The molecule has 10 atom stereocenters. The Labute approximate surface area is 137 Å². The second-order valence-corrected chi connectivity index (χ2v) is 5.74. The lowest BCUT2D eigenvalue weighted by atomic mass is 9.97. The first-order valence-electron chi connectivity index (χ1n) is 7.46. The highest BCUT2D eigenvalue weighted by molar-refractivity contribution is 4.94. The van der Waals surface area contributed by atoms with Crippen molar-refractivity contribution in [3.8, 4) is 0 Å². The molecule has 7 N–H and O–H groups in total. The molecule has 4 unspecified atom stereocenters. The maximum Gasteiger partial charge on any atom is 0.187 e. The number of aliphatic hydroxyl groups excluding tert-OH is 7. The van der Waals surface area contributed by atoms with Gasteiger partial charge in [0, 0.05) is 7.11 Å². The zero-order chi connectivity index (χ0) is 18.0. The smallest absolute Gasteiger partial charge is 0.187 e. The van der Waals surface area contributed by atoms with Gasteiger partial charge in [0.15, 0.2) is 12.6 Å². The number of rotatable bonds is 5. The number of methoxy groups -OCH3 is 1. The van der Waals surface area contributed by atoms with Crippen molar-refractivity contribution in [2.24, 2.45) is 0 Å². The Hall–Kier alpha value is -0.440. The van der Waals surface area contributed by atoms with Crippen LogP contribution in [-0.2, 0) is 18.9 Å². The van der Waals surface area contributed by atoms with Gasteiger partial charge in [-0.2, -0.15) is 0 Å². The fourth-order valence-corrected chi connectivity index (χ4v) is 2.84. The zero-order valence-corrected chi connectivity index (χ0v) is 13.0. The fourth-order valence-electron chi connectivity index (χ4n) is 2.84. The molecule has 2 fully saturated rings. The van der Waals surface area contributed by atoms with E-state index in [4.69, 9.17) is 24.1 Å². The molecule has 0 aliphatic carbocycles. The van der Waals surface area contributed by atoms with Gasteiger partial charge in [-0.05, 0) is 0 Å². The highest BCUT2D eigenvalue weighted by atomic mass is 16.7. The first-order valence-corrected chi connectivity index (χ1v) is 7.46. The van der Waals surface area contributed by atoms with E-state index in [1.54, 1.807) is 0 Å². The topological polar surface area (TPSA) is 179 Å². The van der Waals surface area contributed by atoms with Crippen molar-refractivity contribution in [3.05, 3.63) is 0 Å². The minimum atomic E-state index is -1.73. The molecule has 0 amide bonds. The van der Waals surface area contributed by atoms with Crippen LogP contribution in [0.5, 0.6) is 0 Å². The molecule has 2 aliphatic rings. The summed E-state index contributed by atoms with van der Waals surface area (Å²) in [6.07, 6.45) is -14.3. The molecule has 2 rings (SSSR count). The summed E-state index contributed by atoms with van der Waals surface area (Å²) in [5.41, 5.74) is 0. The highest BCUT2D eigenvalue weighted by Crippen LogP contribution is 2.29. The van der Waals surface area contributed by atoms with Crippen LogP contribution in [0.2, 0.25) is 0 Å². The van der Waals surface area contributed by atoms with Crippen molar-refractivity contribution in [2.75, 3.05) is 20.3 Å². The van der Waals surface area contributed by atoms with Crippen LogP contribution < -0.4 is 0 Å². The van der Waals surface area contributed by atoms with Crippen LogP contribution in [0, 0.1) is 0 Å². The van der Waals surface area contributed by atoms with Gasteiger partial charge in [0.1, 0.15) is 48.8 Å². The first-order chi connectivity index (χ1) is 11.3. The number of hydrogen-bond donors (Lipinski definition) is 7. The average molecular weight is 356 g/mol. The third kappa shape index (κ3) is 3.71. The molecular formula is C13H24O11. The largest absolute Gasteiger partial charge is 0.394 e. The predicted octanol–water partition coefficient (Wildman–Crippen LogP) is -4.74. The molecule has 142 valence electrons.